The second-order valence-corrected chi connectivity index (χ2v) is 4.39. The Balaban J connectivity index is 3.09. The number of benzene rings is 1. The van der Waals surface area contributed by atoms with Crippen molar-refractivity contribution in [3.63, 3.8) is 0 Å². The molecule has 19 heavy (non-hydrogen) atoms. The highest BCUT2D eigenvalue weighted by Gasteiger charge is 2.10. The number of likely N-dealkylation sites (N-methyl/N-ethyl adjacent to an activating group) is 1. The average Bonchev–Trinajstić information content (AvgIpc) is 2.40. The van der Waals surface area contributed by atoms with Gasteiger partial charge in [0, 0.05) is 17.3 Å². The molecule has 0 saturated carbocycles. The van der Waals surface area contributed by atoms with Crippen molar-refractivity contribution in [2.45, 2.75) is 19.4 Å². The molecule has 0 amide bonds. The molecule has 3 N–H and O–H groups in total. The average molecular weight is 260 g/mol. The third-order valence-corrected chi connectivity index (χ3v) is 3.04. The molecule has 0 heterocycles. The van der Waals surface area contributed by atoms with Crippen LogP contribution in [0.2, 0.25) is 0 Å². The summed E-state index contributed by atoms with van der Waals surface area (Å²) in [6, 6.07) is 6.40. The van der Waals surface area contributed by atoms with Crippen LogP contribution in [0.3, 0.4) is 0 Å². The molecule has 0 saturated heterocycles. The lowest BCUT2D eigenvalue weighted by atomic mass is 9.95. The van der Waals surface area contributed by atoms with Crippen molar-refractivity contribution in [3.8, 4) is 0 Å². The van der Waals surface area contributed by atoms with Gasteiger partial charge >= 0.3 is 0 Å². The minimum atomic E-state index is -0.268. The quantitative estimate of drug-likeness (QED) is 0.771. The highest BCUT2D eigenvalue weighted by Crippen LogP contribution is 2.25. The molecular formula is C16H21FN2. The van der Waals surface area contributed by atoms with Crippen LogP contribution in [0.4, 0.5) is 4.39 Å². The molecule has 0 aliphatic heterocycles. The second-order valence-electron chi connectivity index (χ2n) is 4.39. The lowest BCUT2D eigenvalue weighted by molar-refractivity contribution is 0.627. The van der Waals surface area contributed by atoms with E-state index in [1.165, 1.54) is 12.1 Å². The van der Waals surface area contributed by atoms with E-state index in [0.717, 1.165) is 23.1 Å². The van der Waals surface area contributed by atoms with Gasteiger partial charge in [0.1, 0.15) is 5.82 Å². The molecule has 1 aromatic rings. The number of nitrogens with two attached hydrogens (primary N) is 1. The summed E-state index contributed by atoms with van der Waals surface area (Å²) in [6.07, 6.45) is 2.94. The van der Waals surface area contributed by atoms with Gasteiger partial charge in [-0.2, -0.15) is 0 Å². The Kier molecular flexibility index (Phi) is 5.52. The zero-order valence-corrected chi connectivity index (χ0v) is 11.5. The van der Waals surface area contributed by atoms with Crippen LogP contribution >= 0.6 is 0 Å². The Bertz CT molecular complexity index is 482. The smallest absolute Gasteiger partial charge is 0.123 e. The van der Waals surface area contributed by atoms with Gasteiger partial charge < -0.3 is 11.1 Å². The Morgan fingerprint density at radius 3 is 2.37 bits per heavy atom. The first-order valence-electron chi connectivity index (χ1n) is 6.28. The summed E-state index contributed by atoms with van der Waals surface area (Å²) < 4.78 is 12.9. The number of allylic oxidation sites excluding steroid dienone is 1. The van der Waals surface area contributed by atoms with E-state index in [9.17, 15) is 4.39 Å². The fourth-order valence-electron chi connectivity index (χ4n) is 1.81. The standard InChI is InChI=1S/C16H21FN2/c1-5-15(19-4)10-16(12(3)18)11(2)13-6-8-14(17)9-7-13/h6-10,15,19H,2-3,5,18H2,1,4H3/b16-10-. The molecular weight excluding hydrogens is 239 g/mol. The first-order valence-corrected chi connectivity index (χ1v) is 6.28. The van der Waals surface area contributed by atoms with Gasteiger partial charge in [-0.3, -0.25) is 0 Å². The number of rotatable bonds is 6. The maximum atomic E-state index is 12.9. The fourth-order valence-corrected chi connectivity index (χ4v) is 1.81. The summed E-state index contributed by atoms with van der Waals surface area (Å²) in [5.41, 5.74) is 8.69. The highest BCUT2D eigenvalue weighted by atomic mass is 19.1. The van der Waals surface area contributed by atoms with Gasteiger partial charge in [0.05, 0.1) is 0 Å². The van der Waals surface area contributed by atoms with Crippen LogP contribution in [0.15, 0.2) is 54.8 Å². The van der Waals surface area contributed by atoms with E-state index in [1.54, 1.807) is 12.1 Å². The summed E-state index contributed by atoms with van der Waals surface area (Å²) in [6.45, 7) is 9.91. The molecule has 102 valence electrons. The Morgan fingerprint density at radius 2 is 1.95 bits per heavy atom. The van der Waals surface area contributed by atoms with E-state index in [0.29, 0.717) is 5.70 Å². The van der Waals surface area contributed by atoms with Crippen molar-refractivity contribution >= 4 is 5.57 Å². The number of nitrogens with one attached hydrogen (secondary N) is 1. The van der Waals surface area contributed by atoms with Gasteiger partial charge in [0.15, 0.2) is 0 Å². The summed E-state index contributed by atoms with van der Waals surface area (Å²) in [4.78, 5) is 0. The van der Waals surface area contributed by atoms with Crippen LogP contribution in [0.5, 0.6) is 0 Å². The SMILES string of the molecule is C=C(N)/C(=C\C(CC)NC)C(=C)c1ccc(F)cc1. The van der Waals surface area contributed by atoms with E-state index in [2.05, 4.69) is 25.4 Å². The summed E-state index contributed by atoms with van der Waals surface area (Å²) in [7, 11) is 1.89. The molecule has 0 bridgehead atoms. The summed E-state index contributed by atoms with van der Waals surface area (Å²) in [5, 5.41) is 3.18. The maximum absolute atomic E-state index is 12.9. The van der Waals surface area contributed by atoms with Crippen molar-refractivity contribution in [2.24, 2.45) is 5.73 Å². The topological polar surface area (TPSA) is 38.0 Å². The molecule has 0 aliphatic rings. The molecule has 1 unspecified atom stereocenters. The fraction of sp³-hybridized carbons (Fsp3) is 0.250. The zero-order valence-electron chi connectivity index (χ0n) is 11.5. The molecule has 1 aromatic carbocycles. The lowest BCUT2D eigenvalue weighted by Crippen LogP contribution is -2.22. The first-order chi connectivity index (χ1) is 8.99. The Labute approximate surface area is 114 Å². The second kappa shape index (κ2) is 6.90. The molecule has 1 rings (SSSR count). The van der Waals surface area contributed by atoms with Crippen LogP contribution in [0, 0.1) is 5.82 Å². The largest absolute Gasteiger partial charge is 0.399 e. The first kappa shape index (κ1) is 15.2. The van der Waals surface area contributed by atoms with Crippen LogP contribution in [-0.4, -0.2) is 13.1 Å². The van der Waals surface area contributed by atoms with E-state index in [4.69, 9.17) is 5.73 Å². The number of hydrogen-bond donors (Lipinski definition) is 2. The maximum Gasteiger partial charge on any atom is 0.123 e. The van der Waals surface area contributed by atoms with Crippen LogP contribution in [0.25, 0.3) is 5.57 Å². The van der Waals surface area contributed by atoms with Crippen LogP contribution in [0.1, 0.15) is 18.9 Å². The predicted octanol–water partition coefficient (Wildman–Crippen LogP) is 3.24. The molecule has 2 nitrogen and oxygen atoms in total. The van der Waals surface area contributed by atoms with Gasteiger partial charge in [-0.05, 0) is 36.7 Å². The zero-order chi connectivity index (χ0) is 14.4. The van der Waals surface area contributed by atoms with E-state index < -0.39 is 0 Å². The summed E-state index contributed by atoms with van der Waals surface area (Å²) in [5.74, 6) is -0.268. The Morgan fingerprint density at radius 1 is 1.37 bits per heavy atom. The third-order valence-electron chi connectivity index (χ3n) is 3.04. The van der Waals surface area contributed by atoms with Gasteiger partial charge in [0.2, 0.25) is 0 Å². The normalized spacial score (nSPS) is 13.1. The van der Waals surface area contributed by atoms with Crippen LogP contribution in [-0.2, 0) is 0 Å². The van der Waals surface area contributed by atoms with Gasteiger partial charge in [-0.15, -0.1) is 0 Å². The van der Waals surface area contributed by atoms with Crippen molar-refractivity contribution < 1.29 is 4.39 Å². The number of halogens is 1. The van der Waals surface area contributed by atoms with Gasteiger partial charge in [-0.1, -0.05) is 38.3 Å². The highest BCUT2D eigenvalue weighted by molar-refractivity contribution is 5.81. The van der Waals surface area contributed by atoms with Gasteiger partial charge in [-0.25, -0.2) is 4.39 Å². The van der Waals surface area contributed by atoms with Crippen LogP contribution < -0.4 is 11.1 Å². The molecule has 0 aromatic heterocycles. The molecule has 0 radical (unpaired) electrons. The van der Waals surface area contributed by atoms with Gasteiger partial charge in [0.25, 0.3) is 0 Å². The van der Waals surface area contributed by atoms with E-state index >= 15 is 0 Å². The number of hydrogen-bond acceptors (Lipinski definition) is 2. The van der Waals surface area contributed by atoms with E-state index in [1.807, 2.05) is 13.1 Å². The van der Waals surface area contributed by atoms with Crippen molar-refractivity contribution in [3.05, 3.63) is 66.2 Å². The monoisotopic (exact) mass is 260 g/mol. The summed E-state index contributed by atoms with van der Waals surface area (Å²) >= 11 is 0. The van der Waals surface area contributed by atoms with E-state index in [-0.39, 0.29) is 11.9 Å². The van der Waals surface area contributed by atoms with Crippen molar-refractivity contribution in [2.75, 3.05) is 7.05 Å². The van der Waals surface area contributed by atoms with Crippen molar-refractivity contribution in [1.29, 1.82) is 0 Å². The predicted molar refractivity (Wildman–Crippen MR) is 80.0 cm³/mol. The molecule has 1 atom stereocenters. The molecule has 3 heteroatoms. The molecule has 0 fully saturated rings. The minimum Gasteiger partial charge on any atom is -0.399 e. The van der Waals surface area contributed by atoms with Crippen molar-refractivity contribution in [1.82, 2.24) is 5.32 Å². The molecule has 0 aliphatic carbocycles. The molecule has 0 spiro atoms. The lowest BCUT2D eigenvalue weighted by Gasteiger charge is -2.15. The Hall–Kier alpha value is -1.87. The third kappa shape index (κ3) is 4.07. The minimum absolute atomic E-state index is 0.201.